The fraction of sp³-hybridized carbons (Fsp3) is 0.800. The number of carbonyl (C=O) groups excluding carboxylic acids is 3. The lowest BCUT2D eigenvalue weighted by Gasteiger charge is -2.16. The first-order chi connectivity index (χ1) is 9.95. The van der Waals surface area contributed by atoms with E-state index in [1.54, 1.807) is 4.90 Å². The summed E-state index contributed by atoms with van der Waals surface area (Å²) in [4.78, 5) is 36.1. The molecule has 0 aromatic rings. The summed E-state index contributed by atoms with van der Waals surface area (Å²) in [5.41, 5.74) is 0. The molecule has 2 atom stereocenters. The van der Waals surface area contributed by atoms with Gasteiger partial charge < -0.3 is 15.0 Å². The Kier molecular flexibility index (Phi) is 7.19. The predicted octanol–water partition coefficient (Wildman–Crippen LogP) is 0.950. The Morgan fingerprint density at radius 3 is 2.52 bits per heavy atom. The van der Waals surface area contributed by atoms with Crippen LogP contribution in [0.2, 0.25) is 0 Å². The van der Waals surface area contributed by atoms with Crippen LogP contribution in [0.15, 0.2) is 0 Å². The Balaban J connectivity index is 2.21. The van der Waals surface area contributed by atoms with Crippen molar-refractivity contribution in [1.82, 2.24) is 10.2 Å². The zero-order chi connectivity index (χ0) is 15.8. The molecule has 2 unspecified atom stereocenters. The average Bonchev–Trinajstić information content (AvgIpc) is 2.83. The molecular weight excluding hydrogens is 272 g/mol. The van der Waals surface area contributed by atoms with E-state index in [2.05, 4.69) is 5.32 Å². The van der Waals surface area contributed by atoms with Crippen molar-refractivity contribution in [3.63, 3.8) is 0 Å². The lowest BCUT2D eigenvalue weighted by atomic mass is 9.99. The van der Waals surface area contributed by atoms with Gasteiger partial charge in [0.1, 0.15) is 0 Å². The summed E-state index contributed by atoms with van der Waals surface area (Å²) in [6.07, 6.45) is 3.11. The minimum absolute atomic E-state index is 0.0222. The number of nitrogens with zero attached hydrogens (tertiary/aromatic N) is 1. The van der Waals surface area contributed by atoms with Gasteiger partial charge in [-0.15, -0.1) is 0 Å². The molecule has 0 bridgehead atoms. The van der Waals surface area contributed by atoms with Gasteiger partial charge in [-0.3, -0.25) is 14.4 Å². The largest absolute Gasteiger partial charge is 0.469 e. The maximum atomic E-state index is 12.1. The van der Waals surface area contributed by atoms with Crippen molar-refractivity contribution in [2.45, 2.75) is 39.5 Å². The average molecular weight is 298 g/mol. The molecule has 21 heavy (non-hydrogen) atoms. The van der Waals surface area contributed by atoms with Crippen LogP contribution >= 0.6 is 0 Å². The summed E-state index contributed by atoms with van der Waals surface area (Å²) in [5.74, 6) is -0.188. The van der Waals surface area contributed by atoms with Crippen molar-refractivity contribution in [2.75, 3.05) is 26.7 Å². The topological polar surface area (TPSA) is 75.7 Å². The van der Waals surface area contributed by atoms with E-state index in [0.717, 1.165) is 19.3 Å². The number of amides is 2. The van der Waals surface area contributed by atoms with Gasteiger partial charge in [0, 0.05) is 33.0 Å². The van der Waals surface area contributed by atoms with E-state index >= 15 is 0 Å². The van der Waals surface area contributed by atoms with E-state index < -0.39 is 0 Å². The van der Waals surface area contributed by atoms with Crippen molar-refractivity contribution in [3.8, 4) is 0 Å². The number of likely N-dealkylation sites (tertiary alicyclic amines) is 1. The van der Waals surface area contributed by atoms with E-state index in [9.17, 15) is 14.4 Å². The number of nitrogens with one attached hydrogen (secondary N) is 1. The number of esters is 1. The molecule has 1 aliphatic rings. The van der Waals surface area contributed by atoms with Gasteiger partial charge in [0.15, 0.2) is 0 Å². The molecule has 1 fully saturated rings. The summed E-state index contributed by atoms with van der Waals surface area (Å²) >= 11 is 0. The Labute approximate surface area is 126 Å². The molecule has 0 spiro atoms. The summed E-state index contributed by atoms with van der Waals surface area (Å²) in [6, 6.07) is 0. The highest BCUT2D eigenvalue weighted by atomic mass is 16.5. The molecule has 1 heterocycles. The second kappa shape index (κ2) is 8.64. The highest BCUT2D eigenvalue weighted by Gasteiger charge is 2.37. The Bertz CT molecular complexity index is 384. The van der Waals surface area contributed by atoms with Gasteiger partial charge in [0.2, 0.25) is 11.8 Å². The maximum absolute atomic E-state index is 12.1. The van der Waals surface area contributed by atoms with Crippen LogP contribution < -0.4 is 5.32 Å². The summed E-state index contributed by atoms with van der Waals surface area (Å²) in [6.45, 7) is 5.23. The lowest BCUT2D eigenvalue weighted by molar-refractivity contribution is -0.146. The summed E-state index contributed by atoms with van der Waals surface area (Å²) in [5, 5.41) is 2.73. The fourth-order valence-electron chi connectivity index (χ4n) is 2.63. The first kappa shape index (κ1) is 17.5. The van der Waals surface area contributed by atoms with Crippen LogP contribution in [0.3, 0.4) is 0 Å². The highest BCUT2D eigenvalue weighted by molar-refractivity contribution is 5.79. The molecule has 1 saturated heterocycles. The maximum Gasteiger partial charge on any atom is 0.310 e. The van der Waals surface area contributed by atoms with Crippen molar-refractivity contribution in [2.24, 2.45) is 11.8 Å². The molecule has 0 aromatic carbocycles. The van der Waals surface area contributed by atoms with Crippen LogP contribution in [0.1, 0.15) is 39.5 Å². The van der Waals surface area contributed by atoms with Crippen LogP contribution in [-0.4, -0.2) is 49.4 Å². The van der Waals surface area contributed by atoms with Crippen molar-refractivity contribution in [1.29, 1.82) is 0 Å². The molecule has 1 aliphatic heterocycles. The van der Waals surface area contributed by atoms with E-state index in [1.165, 1.54) is 14.0 Å². The van der Waals surface area contributed by atoms with Crippen molar-refractivity contribution < 1.29 is 19.1 Å². The van der Waals surface area contributed by atoms with E-state index in [1.807, 2.05) is 6.92 Å². The predicted molar refractivity (Wildman–Crippen MR) is 78.4 cm³/mol. The molecule has 0 aliphatic carbocycles. The molecule has 0 saturated carbocycles. The number of carbonyl (C=O) groups is 3. The monoisotopic (exact) mass is 298 g/mol. The van der Waals surface area contributed by atoms with Gasteiger partial charge in [-0.1, -0.05) is 13.3 Å². The Morgan fingerprint density at radius 1 is 1.19 bits per heavy atom. The van der Waals surface area contributed by atoms with Crippen LogP contribution in [0, 0.1) is 11.8 Å². The number of hydrogen-bond acceptors (Lipinski definition) is 4. The summed E-state index contributed by atoms with van der Waals surface area (Å²) < 4.78 is 4.77. The molecule has 0 radical (unpaired) electrons. The van der Waals surface area contributed by atoms with Gasteiger partial charge in [-0.25, -0.2) is 0 Å². The van der Waals surface area contributed by atoms with Crippen LogP contribution in [-0.2, 0) is 19.1 Å². The van der Waals surface area contributed by atoms with Crippen molar-refractivity contribution in [3.05, 3.63) is 0 Å². The fourth-order valence-corrected chi connectivity index (χ4v) is 2.63. The standard InChI is InChI=1S/C15H26N2O4/c1-11-9-17(10-13(11)15(20)21-3)14(19)7-5-4-6-8-16-12(2)18/h11,13H,4-10H2,1-3H3,(H,16,18). The highest BCUT2D eigenvalue weighted by Crippen LogP contribution is 2.24. The van der Waals surface area contributed by atoms with Gasteiger partial charge in [-0.2, -0.15) is 0 Å². The van der Waals surface area contributed by atoms with Gasteiger partial charge in [0.25, 0.3) is 0 Å². The van der Waals surface area contributed by atoms with Gasteiger partial charge in [-0.05, 0) is 18.8 Å². The van der Waals surface area contributed by atoms with Gasteiger partial charge in [0.05, 0.1) is 13.0 Å². The third kappa shape index (κ3) is 5.73. The zero-order valence-electron chi connectivity index (χ0n) is 13.2. The first-order valence-corrected chi connectivity index (χ1v) is 7.55. The molecule has 1 N–H and O–H groups in total. The number of rotatable bonds is 7. The normalized spacial score (nSPS) is 21.2. The Morgan fingerprint density at radius 2 is 1.90 bits per heavy atom. The summed E-state index contributed by atoms with van der Waals surface area (Å²) in [7, 11) is 1.38. The number of methoxy groups -OCH3 is 1. The first-order valence-electron chi connectivity index (χ1n) is 7.55. The molecule has 6 nitrogen and oxygen atoms in total. The molecule has 120 valence electrons. The third-order valence-corrected chi connectivity index (χ3v) is 3.91. The second-order valence-corrected chi connectivity index (χ2v) is 5.70. The van der Waals surface area contributed by atoms with Crippen LogP contribution in [0.25, 0.3) is 0 Å². The molecule has 0 aromatic heterocycles. The number of hydrogen-bond donors (Lipinski definition) is 1. The zero-order valence-corrected chi connectivity index (χ0v) is 13.2. The van der Waals surface area contributed by atoms with Crippen LogP contribution in [0.5, 0.6) is 0 Å². The third-order valence-electron chi connectivity index (χ3n) is 3.91. The smallest absolute Gasteiger partial charge is 0.310 e. The minimum atomic E-state index is -0.229. The van der Waals surface area contributed by atoms with E-state index in [-0.39, 0.29) is 29.6 Å². The second-order valence-electron chi connectivity index (χ2n) is 5.70. The van der Waals surface area contributed by atoms with Gasteiger partial charge >= 0.3 is 5.97 Å². The molecular formula is C15H26N2O4. The number of unbranched alkanes of at least 4 members (excludes halogenated alkanes) is 2. The van der Waals surface area contributed by atoms with E-state index in [0.29, 0.717) is 26.1 Å². The number of ether oxygens (including phenoxy) is 1. The van der Waals surface area contributed by atoms with Crippen molar-refractivity contribution >= 4 is 17.8 Å². The van der Waals surface area contributed by atoms with Crippen LogP contribution in [0.4, 0.5) is 0 Å². The van der Waals surface area contributed by atoms with E-state index in [4.69, 9.17) is 4.74 Å². The SMILES string of the molecule is COC(=O)C1CN(C(=O)CCCCCNC(C)=O)CC1C. The molecule has 2 amide bonds. The molecule has 6 heteroatoms. The molecule has 1 rings (SSSR count). The quantitative estimate of drug-likeness (QED) is 0.561. The lowest BCUT2D eigenvalue weighted by Crippen LogP contribution is -2.30. The minimum Gasteiger partial charge on any atom is -0.469 e. The Hall–Kier alpha value is -1.59.